The molecule has 3 nitrogen and oxygen atoms in total. The molecule has 0 radical (unpaired) electrons. The number of aromatic hydroxyl groups is 1. The Labute approximate surface area is 225 Å². The van der Waals surface area contributed by atoms with E-state index in [1.165, 1.54) is 41.8 Å². The van der Waals surface area contributed by atoms with Crippen molar-refractivity contribution in [3.63, 3.8) is 0 Å². The third-order valence-corrected chi connectivity index (χ3v) is 12.8. The van der Waals surface area contributed by atoms with Gasteiger partial charge in [-0.1, -0.05) is 114 Å². The van der Waals surface area contributed by atoms with Crippen molar-refractivity contribution in [3.8, 4) is 11.5 Å². The first-order valence-corrected chi connectivity index (χ1v) is 16.4. The Morgan fingerprint density at radius 1 is 1.00 bits per heavy atom. The van der Waals surface area contributed by atoms with Gasteiger partial charge in [0.05, 0.1) is 7.11 Å². The molecule has 36 heavy (non-hydrogen) atoms. The van der Waals surface area contributed by atoms with Crippen molar-refractivity contribution >= 4 is 14.4 Å². The van der Waals surface area contributed by atoms with Crippen LogP contribution in [0.2, 0.25) is 10.6 Å². The van der Waals surface area contributed by atoms with Crippen molar-refractivity contribution < 1.29 is 9.84 Å². The lowest BCUT2D eigenvalue weighted by Gasteiger charge is -2.43. The minimum atomic E-state index is -1.23. The summed E-state index contributed by atoms with van der Waals surface area (Å²) in [5.74, 6) is 3.40. The highest BCUT2D eigenvalue weighted by Gasteiger charge is 2.37. The number of ether oxygens (including phenoxy) is 1. The third-order valence-electron chi connectivity index (χ3n) is 8.37. The zero-order chi connectivity index (χ0) is 26.5. The number of methoxy groups -OCH3 is 1. The number of rotatable bonds is 11. The Bertz CT molecular complexity index is 946. The molecule has 1 fully saturated rings. The maximum absolute atomic E-state index is 11.8. The van der Waals surface area contributed by atoms with Gasteiger partial charge in [-0.15, -0.1) is 0 Å². The zero-order valence-electron chi connectivity index (χ0n) is 24.2. The summed E-state index contributed by atoms with van der Waals surface area (Å²) in [5, 5.41) is 14.5. The van der Waals surface area contributed by atoms with Crippen molar-refractivity contribution in [2.24, 2.45) is 17.8 Å². The lowest BCUT2D eigenvalue weighted by atomic mass is 9.77. The van der Waals surface area contributed by atoms with Gasteiger partial charge in [0, 0.05) is 23.1 Å². The van der Waals surface area contributed by atoms with Crippen LogP contribution in [0.3, 0.4) is 0 Å². The summed E-state index contributed by atoms with van der Waals surface area (Å²) in [7, 11) is 1.74. The lowest BCUT2D eigenvalue weighted by molar-refractivity contribution is 0.177. The maximum Gasteiger partial charge on any atom is 0.373 e. The molecule has 2 aromatic rings. The quantitative estimate of drug-likeness (QED) is 0.310. The van der Waals surface area contributed by atoms with Crippen LogP contribution in [-0.4, -0.2) is 36.5 Å². The Morgan fingerprint density at radius 2 is 1.61 bits per heavy atom. The molecule has 1 N–H and O–H groups in total. The normalized spacial score (nSPS) is 18.8. The summed E-state index contributed by atoms with van der Waals surface area (Å²) in [5.41, 5.74) is 2.84. The van der Waals surface area contributed by atoms with Crippen LogP contribution in [0.25, 0.3) is 0 Å². The Hall–Kier alpha value is -1.47. The number of hydrogen-bond acceptors (Lipinski definition) is 3. The van der Waals surface area contributed by atoms with Crippen LogP contribution >= 0.6 is 0 Å². The van der Waals surface area contributed by atoms with Gasteiger partial charge in [-0.2, -0.15) is 0 Å². The van der Waals surface area contributed by atoms with Gasteiger partial charge >= 0.3 is 14.4 Å². The van der Waals surface area contributed by atoms with Gasteiger partial charge in [0.1, 0.15) is 11.5 Å². The highest BCUT2D eigenvalue weighted by molar-refractivity contribution is 6.56. The highest BCUT2D eigenvalue weighted by Crippen LogP contribution is 2.42. The summed E-state index contributed by atoms with van der Waals surface area (Å²) in [6.07, 6.45) is 5.29. The smallest absolute Gasteiger partial charge is 0.373 e. The predicted octanol–water partition coefficient (Wildman–Crippen LogP) is 8.41. The molecular formula is C32H50AlNO2. The summed E-state index contributed by atoms with van der Waals surface area (Å²) in [4.78, 5) is 0. The van der Waals surface area contributed by atoms with Crippen molar-refractivity contribution in [2.45, 2.75) is 103 Å². The minimum absolute atomic E-state index is 0.329. The zero-order valence-corrected chi connectivity index (χ0v) is 25.3. The first-order valence-electron chi connectivity index (χ1n) is 14.3. The fourth-order valence-corrected chi connectivity index (χ4v) is 10.7. The molecule has 0 saturated heterocycles. The van der Waals surface area contributed by atoms with E-state index in [1.807, 2.05) is 12.1 Å². The fraction of sp³-hybridized carbons (Fsp3) is 0.625. The maximum atomic E-state index is 11.8. The van der Waals surface area contributed by atoms with E-state index in [9.17, 15) is 5.11 Å². The monoisotopic (exact) mass is 507 g/mol. The number of benzene rings is 2. The van der Waals surface area contributed by atoms with Gasteiger partial charge in [0.25, 0.3) is 0 Å². The minimum Gasteiger partial charge on any atom is -0.507 e. The molecule has 2 aromatic carbocycles. The predicted molar refractivity (Wildman–Crippen MR) is 155 cm³/mol. The summed E-state index contributed by atoms with van der Waals surface area (Å²) in [6, 6.07) is 15.3. The third kappa shape index (κ3) is 7.09. The van der Waals surface area contributed by atoms with Crippen LogP contribution in [-0.2, 0) is 12.0 Å². The van der Waals surface area contributed by atoms with E-state index >= 15 is 0 Å². The Kier molecular flexibility index (Phi) is 10.4. The molecule has 1 aliphatic rings. The van der Waals surface area contributed by atoms with Crippen LogP contribution < -0.4 is 4.74 Å². The van der Waals surface area contributed by atoms with Gasteiger partial charge in [-0.05, 0) is 42.5 Å². The highest BCUT2D eigenvalue weighted by atomic mass is 27.2. The number of hydrogen-bond donors (Lipinski definition) is 1. The van der Waals surface area contributed by atoms with Gasteiger partial charge in [0.15, 0.2) is 0 Å². The molecule has 4 heteroatoms. The van der Waals surface area contributed by atoms with Crippen LogP contribution in [0, 0.1) is 17.8 Å². The number of nitrogens with zero attached hydrogens (tertiary/aromatic N) is 1. The van der Waals surface area contributed by atoms with E-state index in [0.29, 0.717) is 29.5 Å². The van der Waals surface area contributed by atoms with Crippen molar-refractivity contribution in [1.82, 2.24) is 3.88 Å². The van der Waals surface area contributed by atoms with Gasteiger partial charge in [-0.25, -0.2) is 0 Å². The van der Waals surface area contributed by atoms with Gasteiger partial charge in [-0.3, -0.25) is 0 Å². The van der Waals surface area contributed by atoms with Crippen molar-refractivity contribution in [3.05, 3.63) is 59.2 Å². The van der Waals surface area contributed by atoms with E-state index in [0.717, 1.165) is 23.4 Å². The lowest BCUT2D eigenvalue weighted by Crippen LogP contribution is -2.50. The number of phenols is 1. The van der Waals surface area contributed by atoms with Gasteiger partial charge < -0.3 is 13.7 Å². The summed E-state index contributed by atoms with van der Waals surface area (Å²) < 4.78 is 8.72. The standard InChI is InChI=1S/C24H32NO2.2C4H9.Al/c1-17-10-8-9-13-22(17)25-16-18-14-20(27-4)15-21(23(18)26)24(2,3)19-11-6-5-7-12-19;2*1-4(2)3;/h5-7,11-12,14-15,17,22,26H,8-10,13,16H2,1-4H3;2*4H,1H2,2-3H3;/q-1;;;+1. The van der Waals surface area contributed by atoms with E-state index in [4.69, 9.17) is 4.74 Å². The first kappa shape index (κ1) is 29.1. The molecule has 1 saturated carbocycles. The van der Waals surface area contributed by atoms with Crippen molar-refractivity contribution in [2.75, 3.05) is 7.11 Å². The molecule has 0 aliphatic heterocycles. The van der Waals surface area contributed by atoms with Crippen LogP contribution in [0.4, 0.5) is 0 Å². The average Bonchev–Trinajstić information content (AvgIpc) is 2.83. The molecule has 2 unspecified atom stereocenters. The van der Waals surface area contributed by atoms with E-state index < -0.39 is 14.4 Å². The fourth-order valence-electron chi connectivity index (χ4n) is 6.35. The largest absolute Gasteiger partial charge is 0.507 e. The second-order valence-corrected chi connectivity index (χ2v) is 15.5. The second-order valence-electron chi connectivity index (χ2n) is 12.6. The molecule has 198 valence electrons. The van der Waals surface area contributed by atoms with E-state index in [-0.39, 0.29) is 5.41 Å². The summed E-state index contributed by atoms with van der Waals surface area (Å²) in [6.45, 7) is 17.2. The number of phenolic OH excluding ortho intramolecular Hbond substituents is 1. The van der Waals surface area contributed by atoms with Crippen LogP contribution in [0.5, 0.6) is 11.5 Å². The second kappa shape index (κ2) is 12.9. The summed E-state index contributed by atoms with van der Waals surface area (Å²) >= 11 is -1.23. The molecule has 0 amide bonds. The van der Waals surface area contributed by atoms with Crippen molar-refractivity contribution in [1.29, 1.82) is 0 Å². The molecular weight excluding hydrogens is 457 g/mol. The van der Waals surface area contributed by atoms with E-state index in [1.54, 1.807) is 7.11 Å². The Balaban J connectivity index is 2.08. The Morgan fingerprint density at radius 3 is 2.17 bits per heavy atom. The van der Waals surface area contributed by atoms with Gasteiger partial charge in [0.2, 0.25) is 0 Å². The molecule has 0 bridgehead atoms. The molecule has 0 aromatic heterocycles. The van der Waals surface area contributed by atoms with E-state index in [2.05, 4.69) is 82.7 Å². The SMILES string of the molecule is COc1cc(C[N](C2CCCCC2C)[Al]([CH2]C(C)C)[CH2]C(C)C)c(O)c(C(C)(C)c2ccccc2)c1. The molecule has 1 aliphatic carbocycles. The molecule has 0 spiro atoms. The topological polar surface area (TPSA) is 32.7 Å². The molecule has 2 atom stereocenters. The van der Waals surface area contributed by atoms with Crippen LogP contribution in [0.15, 0.2) is 42.5 Å². The molecule has 3 rings (SSSR count). The molecule has 0 heterocycles. The average molecular weight is 508 g/mol. The van der Waals surface area contributed by atoms with Crippen LogP contribution in [0.1, 0.15) is 90.8 Å². The first-order chi connectivity index (χ1) is 17.0.